The van der Waals surface area contributed by atoms with Gasteiger partial charge >= 0.3 is 0 Å². The Balaban J connectivity index is 3.08. The summed E-state index contributed by atoms with van der Waals surface area (Å²) in [4.78, 5) is 4.14. The number of hydrogen-bond acceptors (Lipinski definition) is 4. The molecule has 0 aromatic rings. The van der Waals surface area contributed by atoms with Crippen molar-refractivity contribution in [1.29, 1.82) is 0 Å². The summed E-state index contributed by atoms with van der Waals surface area (Å²) >= 11 is 0. The number of hydrazine groups is 1. The minimum atomic E-state index is 0.295. The Kier molecular flexibility index (Phi) is 2.99. The van der Waals surface area contributed by atoms with Crippen LogP contribution < -0.4 is 5.84 Å². The van der Waals surface area contributed by atoms with E-state index in [2.05, 4.69) is 15.8 Å². The zero-order chi connectivity index (χ0) is 5.70. The minimum absolute atomic E-state index is 0.295. The molecule has 0 aromatic heterocycles. The highest BCUT2D eigenvalue weighted by Crippen LogP contribution is 1.62. The summed E-state index contributed by atoms with van der Waals surface area (Å²) in [6, 6.07) is 0. The normalized spacial score (nSPS) is 9.57. The van der Waals surface area contributed by atoms with Crippen molar-refractivity contribution >= 4 is 6.34 Å². The Labute approximate surface area is 40.9 Å². The number of rotatable bonds is 2. The highest BCUT2D eigenvalue weighted by molar-refractivity contribution is 5.50. The molecule has 42 valence electrons. The summed E-state index contributed by atoms with van der Waals surface area (Å²) < 4.78 is 0. The van der Waals surface area contributed by atoms with Crippen molar-refractivity contribution in [2.24, 2.45) is 11.0 Å². The van der Waals surface area contributed by atoms with E-state index < -0.39 is 0 Å². The standard InChI is InChI=1S/C2H7N3O2/c1-7-4-2-5(3)6/h2,6H,3H2,1H3. The molecular formula is C2H7N3O2. The van der Waals surface area contributed by atoms with Crippen LogP contribution in [0.3, 0.4) is 0 Å². The number of hydroxylamine groups is 1. The van der Waals surface area contributed by atoms with Gasteiger partial charge in [0.2, 0.25) is 0 Å². The quantitative estimate of drug-likeness (QED) is 0.207. The van der Waals surface area contributed by atoms with Gasteiger partial charge in [0.1, 0.15) is 7.11 Å². The van der Waals surface area contributed by atoms with Gasteiger partial charge in [-0.05, 0) is 0 Å². The second-order valence-electron chi connectivity index (χ2n) is 0.783. The maximum Gasteiger partial charge on any atom is 0.173 e. The van der Waals surface area contributed by atoms with Crippen LogP contribution >= 0.6 is 0 Å². The van der Waals surface area contributed by atoms with E-state index in [4.69, 9.17) is 5.21 Å². The lowest BCUT2D eigenvalue weighted by Crippen LogP contribution is -2.24. The molecule has 0 rings (SSSR count). The Morgan fingerprint density at radius 2 is 2.57 bits per heavy atom. The predicted octanol–water partition coefficient (Wildman–Crippen LogP) is -0.859. The molecule has 0 aliphatic heterocycles. The highest BCUT2D eigenvalue weighted by atomic mass is 16.6. The van der Waals surface area contributed by atoms with Crippen LogP contribution in [-0.4, -0.2) is 23.8 Å². The minimum Gasteiger partial charge on any atom is -0.398 e. The van der Waals surface area contributed by atoms with Crippen LogP contribution in [0.15, 0.2) is 5.16 Å². The molecular weight excluding hydrogens is 98.0 g/mol. The molecule has 0 saturated carbocycles. The van der Waals surface area contributed by atoms with Crippen molar-refractivity contribution in [3.8, 4) is 0 Å². The molecule has 3 N–H and O–H groups in total. The first-order valence-electron chi connectivity index (χ1n) is 1.57. The van der Waals surface area contributed by atoms with Gasteiger partial charge in [0.15, 0.2) is 6.34 Å². The van der Waals surface area contributed by atoms with Crippen molar-refractivity contribution in [3.05, 3.63) is 0 Å². The van der Waals surface area contributed by atoms with Crippen LogP contribution in [-0.2, 0) is 4.84 Å². The lowest BCUT2D eigenvalue weighted by molar-refractivity contribution is -0.0131. The van der Waals surface area contributed by atoms with E-state index >= 15 is 0 Å². The fourth-order valence-corrected chi connectivity index (χ4v) is 0.0954. The Hall–Kier alpha value is -0.810. The maximum absolute atomic E-state index is 8.07. The third kappa shape index (κ3) is 5.19. The van der Waals surface area contributed by atoms with Gasteiger partial charge in [-0.3, -0.25) is 5.21 Å². The molecule has 5 heteroatoms. The van der Waals surface area contributed by atoms with Gasteiger partial charge in [-0.15, -0.1) is 0 Å². The summed E-state index contributed by atoms with van der Waals surface area (Å²) in [5.41, 5.74) is 0. The number of hydrogen-bond donors (Lipinski definition) is 2. The first kappa shape index (κ1) is 6.19. The topological polar surface area (TPSA) is 71.1 Å². The molecule has 0 aliphatic carbocycles. The van der Waals surface area contributed by atoms with E-state index in [0.717, 1.165) is 6.34 Å². The van der Waals surface area contributed by atoms with Gasteiger partial charge in [-0.25, -0.2) is 5.84 Å². The van der Waals surface area contributed by atoms with Crippen LogP contribution in [0.1, 0.15) is 0 Å². The molecule has 0 radical (unpaired) electrons. The lowest BCUT2D eigenvalue weighted by Gasteiger charge is -1.96. The van der Waals surface area contributed by atoms with Crippen molar-refractivity contribution in [2.45, 2.75) is 0 Å². The van der Waals surface area contributed by atoms with Crippen LogP contribution in [0, 0.1) is 0 Å². The first-order valence-corrected chi connectivity index (χ1v) is 1.57. The summed E-state index contributed by atoms with van der Waals surface area (Å²) in [5, 5.41) is 11.5. The van der Waals surface area contributed by atoms with Gasteiger partial charge in [-0.2, -0.15) is 5.17 Å². The monoisotopic (exact) mass is 105 g/mol. The summed E-state index contributed by atoms with van der Waals surface area (Å²) in [7, 11) is 1.35. The molecule has 0 amide bonds. The van der Waals surface area contributed by atoms with Crippen LogP contribution in [0.4, 0.5) is 0 Å². The predicted molar refractivity (Wildman–Crippen MR) is 23.3 cm³/mol. The van der Waals surface area contributed by atoms with Gasteiger partial charge in [0.05, 0.1) is 0 Å². The van der Waals surface area contributed by atoms with Crippen LogP contribution in [0.25, 0.3) is 0 Å². The summed E-state index contributed by atoms with van der Waals surface area (Å²) in [6.45, 7) is 0. The smallest absolute Gasteiger partial charge is 0.173 e. The van der Waals surface area contributed by atoms with Crippen molar-refractivity contribution in [3.63, 3.8) is 0 Å². The second kappa shape index (κ2) is 3.38. The second-order valence-corrected chi connectivity index (χ2v) is 0.783. The fraction of sp³-hybridized carbons (Fsp3) is 0.500. The van der Waals surface area contributed by atoms with E-state index in [1.807, 2.05) is 0 Å². The van der Waals surface area contributed by atoms with Gasteiger partial charge < -0.3 is 4.84 Å². The zero-order valence-corrected chi connectivity index (χ0v) is 3.90. The molecule has 5 nitrogen and oxygen atoms in total. The van der Waals surface area contributed by atoms with E-state index in [-0.39, 0.29) is 0 Å². The molecule has 0 heterocycles. The molecule has 0 spiro atoms. The number of nitrogens with two attached hydrogens (primary N) is 1. The first-order chi connectivity index (χ1) is 3.27. The highest BCUT2D eigenvalue weighted by Gasteiger charge is 1.73. The van der Waals surface area contributed by atoms with E-state index in [1.165, 1.54) is 7.11 Å². The van der Waals surface area contributed by atoms with E-state index in [1.54, 1.807) is 0 Å². The molecule has 0 bridgehead atoms. The molecule has 0 aromatic carbocycles. The van der Waals surface area contributed by atoms with E-state index in [9.17, 15) is 0 Å². The third-order valence-electron chi connectivity index (χ3n) is 0.271. The Morgan fingerprint density at radius 3 is 2.71 bits per heavy atom. The van der Waals surface area contributed by atoms with E-state index in [0.29, 0.717) is 5.17 Å². The Bertz CT molecular complexity index is 62.0. The lowest BCUT2D eigenvalue weighted by atomic mass is 11.3. The van der Waals surface area contributed by atoms with Crippen molar-refractivity contribution < 1.29 is 10.0 Å². The number of nitrogens with zero attached hydrogens (tertiary/aromatic N) is 2. The average molecular weight is 105 g/mol. The summed E-state index contributed by atoms with van der Waals surface area (Å²) in [5.74, 6) is 4.64. The number of oxime groups is 1. The SMILES string of the molecule is CON=CN(N)O. The van der Waals surface area contributed by atoms with Gasteiger partial charge in [-0.1, -0.05) is 5.16 Å². The molecule has 0 unspecified atom stereocenters. The maximum atomic E-state index is 8.07. The van der Waals surface area contributed by atoms with Crippen molar-refractivity contribution in [2.75, 3.05) is 7.11 Å². The molecule has 0 atom stereocenters. The van der Waals surface area contributed by atoms with Gasteiger partial charge in [0, 0.05) is 0 Å². The summed E-state index contributed by atoms with van der Waals surface area (Å²) in [6.07, 6.45) is 0.917. The fourth-order valence-electron chi connectivity index (χ4n) is 0.0954. The molecule has 0 saturated heterocycles. The zero-order valence-electron chi connectivity index (χ0n) is 3.90. The largest absolute Gasteiger partial charge is 0.398 e. The molecule has 0 fully saturated rings. The van der Waals surface area contributed by atoms with Crippen LogP contribution in [0.5, 0.6) is 0 Å². The van der Waals surface area contributed by atoms with Gasteiger partial charge in [0.25, 0.3) is 0 Å². The molecule has 0 aliphatic rings. The average Bonchev–Trinajstić information content (AvgIpc) is 1.61. The van der Waals surface area contributed by atoms with Crippen LogP contribution in [0.2, 0.25) is 0 Å². The van der Waals surface area contributed by atoms with Crippen molar-refractivity contribution in [1.82, 2.24) is 5.17 Å². The third-order valence-corrected chi connectivity index (χ3v) is 0.271. The molecule has 7 heavy (non-hydrogen) atoms. The Morgan fingerprint density at radius 1 is 2.00 bits per heavy atom.